The summed E-state index contributed by atoms with van der Waals surface area (Å²) >= 11 is 0. The third-order valence-electron chi connectivity index (χ3n) is 5.42. The van der Waals surface area contributed by atoms with Crippen LogP contribution >= 0.6 is 0 Å². The highest BCUT2D eigenvalue weighted by molar-refractivity contribution is 6.43. The quantitative estimate of drug-likeness (QED) is 0.563. The van der Waals surface area contributed by atoms with Crippen LogP contribution in [0.4, 0.5) is 10.1 Å². The van der Waals surface area contributed by atoms with Crippen LogP contribution in [-0.2, 0) is 16.6 Å². The van der Waals surface area contributed by atoms with Crippen LogP contribution in [0.5, 0.6) is 0 Å². The van der Waals surface area contributed by atoms with Gasteiger partial charge >= 0.3 is 0 Å². The number of carbonyl (C=O) groups is 3. The average molecular weight is 426 g/mol. The number of aromatic nitrogens is 1. The number of Topliss-reactive ketones (excluding diaryl/α,β-unsaturated/α-hetero) is 1. The maximum atomic E-state index is 13.5. The first-order chi connectivity index (χ1) is 14.6. The fourth-order valence-electron chi connectivity index (χ4n) is 3.52. The molecule has 1 atom stereocenters. The summed E-state index contributed by atoms with van der Waals surface area (Å²) in [7, 11) is 1.60. The van der Waals surface area contributed by atoms with E-state index < -0.39 is 29.0 Å². The number of hydrogen-bond acceptors (Lipinski definition) is 5. The van der Waals surface area contributed by atoms with Gasteiger partial charge < -0.3 is 19.9 Å². The standard InChI is InChI=1S/C22H23FN4O4/c1-13-16(19(28)21(30)26-22(2)7-4-8-31-12-22)10-18(27(13)3)20(29)25-15-5-6-17(23)14(9-15)11-24/h5-6,9-10H,4,7-8,12H2,1-3H3,(H,25,29)(H,26,30). The van der Waals surface area contributed by atoms with Crippen molar-refractivity contribution in [2.45, 2.75) is 32.2 Å². The van der Waals surface area contributed by atoms with E-state index >= 15 is 0 Å². The first-order valence-electron chi connectivity index (χ1n) is 9.77. The molecule has 2 heterocycles. The Labute approximate surface area is 179 Å². The molecule has 0 bridgehead atoms. The van der Waals surface area contributed by atoms with E-state index in [1.807, 2.05) is 6.92 Å². The van der Waals surface area contributed by atoms with Crippen LogP contribution in [0.1, 0.15) is 51.9 Å². The zero-order valence-electron chi connectivity index (χ0n) is 17.5. The van der Waals surface area contributed by atoms with Crippen molar-refractivity contribution in [2.24, 2.45) is 7.05 Å². The number of carbonyl (C=O) groups excluding carboxylic acids is 3. The Kier molecular flexibility index (Phi) is 6.22. The van der Waals surface area contributed by atoms with Gasteiger partial charge in [0.2, 0.25) is 0 Å². The number of benzene rings is 1. The van der Waals surface area contributed by atoms with Gasteiger partial charge in [0.1, 0.15) is 17.6 Å². The van der Waals surface area contributed by atoms with Crippen molar-refractivity contribution >= 4 is 23.3 Å². The van der Waals surface area contributed by atoms with Crippen LogP contribution in [0.3, 0.4) is 0 Å². The van der Waals surface area contributed by atoms with Gasteiger partial charge in [0.25, 0.3) is 17.6 Å². The molecule has 8 nitrogen and oxygen atoms in total. The monoisotopic (exact) mass is 426 g/mol. The molecule has 1 aromatic heterocycles. The lowest BCUT2D eigenvalue weighted by Gasteiger charge is -2.33. The molecule has 0 saturated carbocycles. The summed E-state index contributed by atoms with van der Waals surface area (Å²) in [6.45, 7) is 4.41. The second-order valence-electron chi connectivity index (χ2n) is 7.85. The summed E-state index contributed by atoms with van der Waals surface area (Å²) in [4.78, 5) is 38.0. The topological polar surface area (TPSA) is 113 Å². The predicted octanol–water partition coefficient (Wildman–Crippen LogP) is 2.46. The van der Waals surface area contributed by atoms with Crippen LogP contribution in [0.15, 0.2) is 24.3 Å². The number of hydrogen-bond donors (Lipinski definition) is 2. The maximum Gasteiger partial charge on any atom is 0.292 e. The van der Waals surface area contributed by atoms with Crippen LogP contribution < -0.4 is 10.6 Å². The summed E-state index contributed by atoms with van der Waals surface area (Å²) in [5.41, 5.74) is 0.124. The van der Waals surface area contributed by atoms with Crippen molar-refractivity contribution in [1.29, 1.82) is 5.26 Å². The molecule has 1 saturated heterocycles. The summed E-state index contributed by atoms with van der Waals surface area (Å²) < 4.78 is 20.4. The van der Waals surface area contributed by atoms with Gasteiger partial charge in [-0.3, -0.25) is 14.4 Å². The zero-order valence-corrected chi connectivity index (χ0v) is 17.5. The van der Waals surface area contributed by atoms with Gasteiger partial charge in [0.15, 0.2) is 0 Å². The highest BCUT2D eigenvalue weighted by Gasteiger charge is 2.33. The van der Waals surface area contributed by atoms with Crippen LogP contribution in [0, 0.1) is 24.1 Å². The van der Waals surface area contributed by atoms with E-state index in [9.17, 15) is 18.8 Å². The van der Waals surface area contributed by atoms with Gasteiger partial charge in [0.05, 0.1) is 17.7 Å². The minimum atomic E-state index is -0.758. The maximum absolute atomic E-state index is 13.5. The van der Waals surface area contributed by atoms with Crippen molar-refractivity contribution in [2.75, 3.05) is 18.5 Å². The third kappa shape index (κ3) is 4.64. The molecule has 0 aliphatic carbocycles. The van der Waals surface area contributed by atoms with Crippen molar-refractivity contribution in [3.63, 3.8) is 0 Å². The number of nitrogens with one attached hydrogen (secondary N) is 2. The molecule has 1 fully saturated rings. The van der Waals surface area contributed by atoms with Crippen molar-refractivity contribution in [3.05, 3.63) is 52.6 Å². The molecule has 1 aliphatic heterocycles. The Morgan fingerprint density at radius 2 is 2.03 bits per heavy atom. The third-order valence-corrected chi connectivity index (χ3v) is 5.42. The normalized spacial score (nSPS) is 18.2. The Morgan fingerprint density at radius 3 is 2.68 bits per heavy atom. The first kappa shape index (κ1) is 22.2. The fraction of sp³-hybridized carbons (Fsp3) is 0.364. The molecule has 9 heteroatoms. The SMILES string of the molecule is Cc1c(C(=O)C(=O)NC2(C)CCCOC2)cc(C(=O)Nc2ccc(F)c(C#N)c2)n1C. The molecule has 1 unspecified atom stereocenters. The second-order valence-corrected chi connectivity index (χ2v) is 7.85. The molecular weight excluding hydrogens is 403 g/mol. The van der Waals surface area contributed by atoms with Gasteiger partial charge in [-0.1, -0.05) is 0 Å². The number of anilines is 1. The van der Waals surface area contributed by atoms with Crippen LogP contribution in [0.2, 0.25) is 0 Å². The fourth-order valence-corrected chi connectivity index (χ4v) is 3.52. The number of halogens is 1. The summed E-state index contributed by atoms with van der Waals surface area (Å²) in [5, 5.41) is 14.3. The summed E-state index contributed by atoms with van der Waals surface area (Å²) in [5.74, 6) is -2.75. The molecule has 0 spiro atoms. The average Bonchev–Trinajstić information content (AvgIpc) is 3.03. The van der Waals surface area contributed by atoms with E-state index in [0.717, 1.165) is 12.5 Å². The second kappa shape index (κ2) is 8.70. The minimum Gasteiger partial charge on any atom is -0.379 e. The Morgan fingerprint density at radius 1 is 1.29 bits per heavy atom. The van der Waals surface area contributed by atoms with Crippen LogP contribution in [-0.4, -0.2) is 40.9 Å². The Hall–Kier alpha value is -3.51. The summed E-state index contributed by atoms with van der Waals surface area (Å²) in [6, 6.07) is 6.69. The van der Waals surface area contributed by atoms with Crippen molar-refractivity contribution in [1.82, 2.24) is 9.88 Å². The van der Waals surface area contributed by atoms with E-state index in [4.69, 9.17) is 10.00 Å². The Balaban J connectivity index is 1.79. The van der Waals surface area contributed by atoms with Gasteiger partial charge in [0, 0.05) is 30.6 Å². The molecule has 162 valence electrons. The first-order valence-corrected chi connectivity index (χ1v) is 9.77. The number of ketones is 1. The molecule has 0 radical (unpaired) electrons. The van der Waals surface area contributed by atoms with Crippen molar-refractivity contribution < 1.29 is 23.5 Å². The number of nitriles is 1. The van der Waals surface area contributed by atoms with E-state index in [-0.39, 0.29) is 22.5 Å². The lowest BCUT2D eigenvalue weighted by Crippen LogP contribution is -2.53. The van der Waals surface area contributed by atoms with Gasteiger partial charge in [-0.2, -0.15) is 5.26 Å². The Bertz CT molecular complexity index is 1090. The molecule has 31 heavy (non-hydrogen) atoms. The molecular formula is C22H23FN4O4. The molecule has 3 rings (SSSR count). The molecule has 2 N–H and O–H groups in total. The number of ether oxygens (including phenoxy) is 1. The molecule has 1 aliphatic rings. The lowest BCUT2D eigenvalue weighted by atomic mass is 9.94. The minimum absolute atomic E-state index is 0.113. The number of amides is 2. The lowest BCUT2D eigenvalue weighted by molar-refractivity contribution is -0.120. The van der Waals surface area contributed by atoms with Gasteiger partial charge in [-0.05, 0) is 51.0 Å². The van der Waals surface area contributed by atoms with E-state index in [0.29, 0.717) is 25.3 Å². The highest BCUT2D eigenvalue weighted by atomic mass is 19.1. The van der Waals surface area contributed by atoms with Crippen LogP contribution in [0.25, 0.3) is 0 Å². The molecule has 1 aromatic carbocycles. The van der Waals surface area contributed by atoms with E-state index in [1.54, 1.807) is 20.0 Å². The number of rotatable bonds is 5. The highest BCUT2D eigenvalue weighted by Crippen LogP contribution is 2.21. The molecule has 2 aromatic rings. The van der Waals surface area contributed by atoms with Crippen molar-refractivity contribution in [3.8, 4) is 6.07 Å². The smallest absolute Gasteiger partial charge is 0.292 e. The van der Waals surface area contributed by atoms with Gasteiger partial charge in [-0.15, -0.1) is 0 Å². The zero-order chi connectivity index (χ0) is 22.8. The van der Waals surface area contributed by atoms with E-state index in [1.165, 1.54) is 22.8 Å². The van der Waals surface area contributed by atoms with Gasteiger partial charge in [-0.25, -0.2) is 4.39 Å². The summed E-state index contributed by atoms with van der Waals surface area (Å²) in [6.07, 6.45) is 1.49. The van der Waals surface area contributed by atoms with E-state index in [2.05, 4.69) is 10.6 Å². The number of nitrogens with zero attached hydrogens (tertiary/aromatic N) is 2. The molecule has 2 amide bonds. The predicted molar refractivity (Wildman–Crippen MR) is 110 cm³/mol. The largest absolute Gasteiger partial charge is 0.379 e.